The molecule has 0 aliphatic carbocycles. The van der Waals surface area contributed by atoms with Gasteiger partial charge in [-0.3, -0.25) is 0 Å². The minimum absolute atomic E-state index is 0.776. The van der Waals surface area contributed by atoms with Crippen LogP contribution in [0, 0.1) is 0 Å². The van der Waals surface area contributed by atoms with Gasteiger partial charge in [-0.05, 0) is 56.4 Å². The molecular weight excluding hydrogens is 512 g/mol. The van der Waals surface area contributed by atoms with Crippen molar-refractivity contribution in [2.75, 3.05) is 0 Å². The summed E-state index contributed by atoms with van der Waals surface area (Å²) in [5, 5.41) is 7.92. The third-order valence-corrected chi connectivity index (χ3v) is 8.49. The third-order valence-electron chi connectivity index (χ3n) is 8.49. The summed E-state index contributed by atoms with van der Waals surface area (Å²) in [5.74, 6) is 0.858. The van der Waals surface area contributed by atoms with Crippen molar-refractivity contribution < 1.29 is 8.83 Å². The molecule has 0 amide bonds. The maximum absolute atomic E-state index is 7.05. The highest BCUT2D eigenvalue weighted by molar-refractivity contribution is 6.24. The van der Waals surface area contributed by atoms with Crippen LogP contribution in [0.5, 0.6) is 0 Å². The molecule has 0 spiro atoms. The summed E-state index contributed by atoms with van der Waals surface area (Å²) in [5.41, 5.74) is 8.15. The largest absolute Gasteiger partial charge is 0.452 e. The van der Waals surface area contributed by atoms with Crippen LogP contribution in [-0.4, -0.2) is 0 Å². The molecule has 0 N–H and O–H groups in total. The maximum atomic E-state index is 7.05. The van der Waals surface area contributed by atoms with Gasteiger partial charge in [-0.1, -0.05) is 127 Å². The first-order valence-corrected chi connectivity index (χ1v) is 14.3. The zero-order chi connectivity index (χ0) is 27.6. The molecule has 0 radical (unpaired) electrons. The van der Waals surface area contributed by atoms with E-state index in [-0.39, 0.29) is 0 Å². The lowest BCUT2D eigenvalue weighted by molar-refractivity contribution is 0.613. The Kier molecular flexibility index (Phi) is 4.93. The number of benzene rings is 7. The van der Waals surface area contributed by atoms with Crippen LogP contribution in [-0.2, 0) is 0 Å². The van der Waals surface area contributed by atoms with E-state index < -0.39 is 0 Å². The van der Waals surface area contributed by atoms with Crippen molar-refractivity contribution in [3.63, 3.8) is 0 Å². The molecule has 0 aliphatic rings. The smallest absolute Gasteiger partial charge is 0.178 e. The molecule has 0 saturated carbocycles. The minimum Gasteiger partial charge on any atom is -0.452 e. The molecule has 0 saturated heterocycles. The molecule has 2 nitrogen and oxygen atoms in total. The molecule has 0 aliphatic heterocycles. The molecule has 0 fully saturated rings. The Hall–Kier alpha value is -5.60. The van der Waals surface area contributed by atoms with Crippen molar-refractivity contribution in [3.8, 4) is 33.6 Å². The molecule has 42 heavy (non-hydrogen) atoms. The monoisotopic (exact) mass is 536 g/mol. The van der Waals surface area contributed by atoms with Crippen LogP contribution in [0.4, 0.5) is 0 Å². The summed E-state index contributed by atoms with van der Waals surface area (Å²) >= 11 is 0. The van der Waals surface area contributed by atoms with Crippen LogP contribution < -0.4 is 0 Å². The van der Waals surface area contributed by atoms with Gasteiger partial charge in [-0.15, -0.1) is 0 Å². The second-order valence-corrected chi connectivity index (χ2v) is 10.8. The fourth-order valence-electron chi connectivity index (χ4n) is 6.69. The van der Waals surface area contributed by atoms with Gasteiger partial charge in [0.1, 0.15) is 11.3 Å². The minimum atomic E-state index is 0.776. The van der Waals surface area contributed by atoms with Crippen molar-refractivity contribution in [1.82, 2.24) is 0 Å². The average Bonchev–Trinajstić information content (AvgIpc) is 3.63. The van der Waals surface area contributed by atoms with Gasteiger partial charge in [0.25, 0.3) is 0 Å². The van der Waals surface area contributed by atoms with E-state index in [2.05, 4.69) is 133 Å². The average molecular weight is 537 g/mol. The highest BCUT2D eigenvalue weighted by atomic mass is 16.4. The highest BCUT2D eigenvalue weighted by Gasteiger charge is 2.25. The number of rotatable bonds is 3. The molecule has 9 aromatic rings. The predicted octanol–water partition coefficient (Wildman–Crippen LogP) is 11.6. The van der Waals surface area contributed by atoms with Gasteiger partial charge < -0.3 is 8.83 Å². The first kappa shape index (κ1) is 23.1. The van der Waals surface area contributed by atoms with Crippen LogP contribution >= 0.6 is 0 Å². The molecule has 196 valence electrons. The second-order valence-electron chi connectivity index (χ2n) is 10.8. The summed E-state index contributed by atoms with van der Waals surface area (Å²) in [7, 11) is 0. The van der Waals surface area contributed by atoms with Crippen molar-refractivity contribution in [2.45, 2.75) is 0 Å². The van der Waals surface area contributed by atoms with Gasteiger partial charge in [0.05, 0.1) is 0 Å². The van der Waals surface area contributed by atoms with E-state index in [0.29, 0.717) is 0 Å². The summed E-state index contributed by atoms with van der Waals surface area (Å²) in [6.07, 6.45) is 0. The van der Waals surface area contributed by atoms with E-state index in [1.54, 1.807) is 0 Å². The van der Waals surface area contributed by atoms with E-state index in [1.807, 2.05) is 12.1 Å². The number of para-hydroxylation sites is 1. The molecule has 2 heterocycles. The van der Waals surface area contributed by atoms with Gasteiger partial charge in [0, 0.05) is 27.3 Å². The summed E-state index contributed by atoms with van der Waals surface area (Å²) in [4.78, 5) is 0. The molecule has 0 bridgehead atoms. The molecule has 0 unspecified atom stereocenters. The molecule has 7 aromatic carbocycles. The number of furan rings is 2. The van der Waals surface area contributed by atoms with Gasteiger partial charge in [0.15, 0.2) is 11.2 Å². The Bertz CT molecular complexity index is 2390. The number of hydrogen-bond donors (Lipinski definition) is 0. The first-order valence-electron chi connectivity index (χ1n) is 14.3. The normalized spacial score (nSPS) is 11.8. The van der Waals surface area contributed by atoms with Crippen LogP contribution in [0.1, 0.15) is 0 Å². The summed E-state index contributed by atoms with van der Waals surface area (Å²) in [6.45, 7) is 0. The fraction of sp³-hybridized carbons (Fsp3) is 0. The zero-order valence-electron chi connectivity index (χ0n) is 22.7. The molecule has 0 atom stereocenters. The lowest BCUT2D eigenvalue weighted by Crippen LogP contribution is -1.91. The van der Waals surface area contributed by atoms with Crippen molar-refractivity contribution in [2.24, 2.45) is 0 Å². The van der Waals surface area contributed by atoms with E-state index in [4.69, 9.17) is 8.83 Å². The Morgan fingerprint density at radius 3 is 1.36 bits per heavy atom. The van der Waals surface area contributed by atoms with Crippen molar-refractivity contribution >= 4 is 54.5 Å². The highest BCUT2D eigenvalue weighted by Crippen LogP contribution is 2.50. The Balaban J connectivity index is 1.48. The van der Waals surface area contributed by atoms with Gasteiger partial charge >= 0.3 is 0 Å². The van der Waals surface area contributed by atoms with E-state index in [0.717, 1.165) is 66.1 Å². The lowest BCUT2D eigenvalue weighted by Gasteiger charge is -2.17. The Morgan fingerprint density at radius 1 is 0.286 bits per heavy atom. The summed E-state index contributed by atoms with van der Waals surface area (Å²) < 4.78 is 13.5. The van der Waals surface area contributed by atoms with E-state index >= 15 is 0 Å². The number of fused-ring (bicyclic) bond motifs is 7. The summed E-state index contributed by atoms with van der Waals surface area (Å²) in [6, 6.07) is 51.2. The fourth-order valence-corrected chi connectivity index (χ4v) is 6.69. The molecule has 2 heteroatoms. The number of hydrogen-bond acceptors (Lipinski definition) is 2. The van der Waals surface area contributed by atoms with E-state index in [1.165, 1.54) is 21.9 Å². The van der Waals surface area contributed by atoms with Crippen LogP contribution in [0.2, 0.25) is 0 Å². The van der Waals surface area contributed by atoms with Crippen molar-refractivity contribution in [1.29, 1.82) is 0 Å². The molecule has 2 aromatic heterocycles. The Labute approximate surface area is 242 Å². The third kappa shape index (κ3) is 3.27. The van der Waals surface area contributed by atoms with Crippen molar-refractivity contribution in [3.05, 3.63) is 146 Å². The quantitative estimate of drug-likeness (QED) is 0.210. The van der Waals surface area contributed by atoms with Gasteiger partial charge in [-0.25, -0.2) is 0 Å². The van der Waals surface area contributed by atoms with Crippen LogP contribution in [0.15, 0.2) is 154 Å². The zero-order valence-corrected chi connectivity index (χ0v) is 22.7. The maximum Gasteiger partial charge on any atom is 0.178 e. The SMILES string of the molecule is c1ccc(-c2c3ccccc3c(-c3oc4c(ccc5c6ccccc6oc54)c3-c3ccccc3)c3ccccc23)cc1. The van der Waals surface area contributed by atoms with Gasteiger partial charge in [0.2, 0.25) is 0 Å². The van der Waals surface area contributed by atoms with Crippen LogP contribution in [0.25, 0.3) is 88.0 Å². The van der Waals surface area contributed by atoms with Crippen LogP contribution in [0.3, 0.4) is 0 Å². The molecule has 9 rings (SSSR count). The first-order chi connectivity index (χ1) is 20.9. The van der Waals surface area contributed by atoms with Gasteiger partial charge in [-0.2, -0.15) is 0 Å². The lowest BCUT2D eigenvalue weighted by atomic mass is 9.86. The molecular formula is C40H24O2. The Morgan fingerprint density at radius 2 is 0.738 bits per heavy atom. The predicted molar refractivity (Wildman–Crippen MR) is 175 cm³/mol. The second kappa shape index (κ2) is 8.95. The van der Waals surface area contributed by atoms with E-state index in [9.17, 15) is 0 Å². The standard InChI is InChI=1S/C40H24O2/c1-3-13-25(14-4-1)35-28-18-7-9-20-30(28)37(31-21-10-8-19-29(31)35)40-36(26-15-5-2-6-16-26)33-24-23-32-27-17-11-12-22-34(27)41-38(32)39(33)42-40/h1-24H. The topological polar surface area (TPSA) is 26.3 Å².